The van der Waals surface area contributed by atoms with Gasteiger partial charge in [0.05, 0.1) is 25.9 Å². The Labute approximate surface area is 104 Å². The van der Waals surface area contributed by atoms with Gasteiger partial charge in [0.25, 0.3) is 0 Å². The normalized spacial score (nSPS) is 22.7. The van der Waals surface area contributed by atoms with Crippen molar-refractivity contribution in [3.8, 4) is 12.3 Å². The molecule has 17 heavy (non-hydrogen) atoms. The van der Waals surface area contributed by atoms with Gasteiger partial charge in [0.1, 0.15) is 5.60 Å². The van der Waals surface area contributed by atoms with Crippen LogP contribution >= 0.6 is 0 Å². The number of aliphatic hydroxyl groups is 1. The molecule has 0 bridgehead atoms. The number of β-amino-alcohol motifs (C(OH)–C–C–N with tert-alkyl or cyclic N) is 1. The van der Waals surface area contributed by atoms with E-state index in [1.54, 1.807) is 0 Å². The molecule has 1 N–H and O–H groups in total. The average molecular weight is 241 g/mol. The molecule has 2 atom stereocenters. The van der Waals surface area contributed by atoms with Crippen molar-refractivity contribution in [3.63, 3.8) is 0 Å². The van der Waals surface area contributed by atoms with E-state index in [0.29, 0.717) is 6.54 Å². The van der Waals surface area contributed by atoms with Gasteiger partial charge in [-0.2, -0.15) is 0 Å². The molecule has 0 aromatic heterocycles. The van der Waals surface area contributed by atoms with E-state index in [9.17, 15) is 5.11 Å². The van der Waals surface area contributed by atoms with Crippen LogP contribution in [0.1, 0.15) is 20.3 Å². The first kappa shape index (κ1) is 14.5. The van der Waals surface area contributed by atoms with Crippen molar-refractivity contribution in [2.75, 3.05) is 39.5 Å². The smallest absolute Gasteiger partial charge is 0.125 e. The fraction of sp³-hybridized carbons (Fsp3) is 0.846. The van der Waals surface area contributed by atoms with Crippen LogP contribution in [0.15, 0.2) is 0 Å². The summed E-state index contributed by atoms with van der Waals surface area (Å²) < 4.78 is 10.8. The van der Waals surface area contributed by atoms with E-state index in [1.165, 1.54) is 0 Å². The highest BCUT2D eigenvalue weighted by atomic mass is 16.5. The zero-order valence-corrected chi connectivity index (χ0v) is 10.8. The van der Waals surface area contributed by atoms with E-state index in [1.807, 2.05) is 13.8 Å². The maximum Gasteiger partial charge on any atom is 0.125 e. The van der Waals surface area contributed by atoms with Gasteiger partial charge in [-0.05, 0) is 13.3 Å². The van der Waals surface area contributed by atoms with E-state index in [-0.39, 0.29) is 6.61 Å². The first-order valence-corrected chi connectivity index (χ1v) is 6.19. The summed E-state index contributed by atoms with van der Waals surface area (Å²) in [6, 6.07) is 0. The van der Waals surface area contributed by atoms with Crippen LogP contribution in [0.3, 0.4) is 0 Å². The summed E-state index contributed by atoms with van der Waals surface area (Å²) in [5.41, 5.74) is -0.564. The third-order valence-electron chi connectivity index (χ3n) is 3.15. The second-order valence-corrected chi connectivity index (χ2v) is 4.61. The third-order valence-corrected chi connectivity index (χ3v) is 3.15. The largest absolute Gasteiger partial charge is 0.389 e. The summed E-state index contributed by atoms with van der Waals surface area (Å²) in [5.74, 6) is 2.62. The maximum absolute atomic E-state index is 9.88. The van der Waals surface area contributed by atoms with Crippen LogP contribution in [0.25, 0.3) is 0 Å². The molecule has 1 rings (SSSR count). The Morgan fingerprint density at radius 3 is 2.71 bits per heavy atom. The molecule has 0 spiro atoms. The number of rotatable bonds is 6. The van der Waals surface area contributed by atoms with Gasteiger partial charge in [0.15, 0.2) is 0 Å². The highest BCUT2D eigenvalue weighted by Gasteiger charge is 2.22. The second kappa shape index (κ2) is 6.97. The van der Waals surface area contributed by atoms with Gasteiger partial charge < -0.3 is 14.6 Å². The predicted octanol–water partition coefficient (Wildman–Crippen LogP) is 0.498. The number of hydrogen-bond acceptors (Lipinski definition) is 4. The van der Waals surface area contributed by atoms with Gasteiger partial charge in [0.2, 0.25) is 0 Å². The average Bonchev–Trinajstić information content (AvgIpc) is 2.37. The molecular formula is C13H23NO3. The number of terminal acetylenes is 1. The first-order chi connectivity index (χ1) is 8.09. The van der Waals surface area contributed by atoms with Crippen molar-refractivity contribution in [3.05, 3.63) is 0 Å². The van der Waals surface area contributed by atoms with Gasteiger partial charge in [-0.15, -0.1) is 6.42 Å². The van der Waals surface area contributed by atoms with Gasteiger partial charge >= 0.3 is 0 Å². The minimum Gasteiger partial charge on any atom is -0.389 e. The van der Waals surface area contributed by atoms with E-state index in [4.69, 9.17) is 15.9 Å². The molecule has 0 radical (unpaired) electrons. The number of morpholine rings is 1. The molecule has 0 amide bonds. The first-order valence-electron chi connectivity index (χ1n) is 6.19. The van der Waals surface area contributed by atoms with Crippen LogP contribution in [-0.4, -0.2) is 61.2 Å². The molecule has 0 aromatic rings. The topological polar surface area (TPSA) is 41.9 Å². The van der Waals surface area contributed by atoms with Crippen molar-refractivity contribution in [2.45, 2.75) is 32.0 Å². The molecule has 0 aliphatic carbocycles. The zero-order chi connectivity index (χ0) is 12.7. The van der Waals surface area contributed by atoms with E-state index >= 15 is 0 Å². The molecule has 4 nitrogen and oxygen atoms in total. The molecule has 1 aliphatic heterocycles. The molecule has 1 aliphatic rings. The summed E-state index contributed by atoms with van der Waals surface area (Å²) in [6.07, 6.45) is 5.66. The SMILES string of the molecule is C#C[C@](C)(CC)OC[C@H](O)CN1CCOCC1. The third kappa shape index (κ3) is 5.05. The van der Waals surface area contributed by atoms with Gasteiger partial charge in [-0.1, -0.05) is 12.8 Å². The number of aliphatic hydroxyl groups excluding tert-OH is 1. The van der Waals surface area contributed by atoms with E-state index in [2.05, 4.69) is 10.8 Å². The molecular weight excluding hydrogens is 218 g/mol. The number of nitrogens with zero attached hydrogens (tertiary/aromatic N) is 1. The fourth-order valence-corrected chi connectivity index (χ4v) is 1.66. The molecule has 1 saturated heterocycles. The Hall–Kier alpha value is -0.600. The minimum atomic E-state index is -0.564. The van der Waals surface area contributed by atoms with Crippen LogP contribution in [0.2, 0.25) is 0 Å². The van der Waals surface area contributed by atoms with Crippen molar-refractivity contribution >= 4 is 0 Å². The van der Waals surface area contributed by atoms with Gasteiger partial charge in [0, 0.05) is 19.6 Å². The van der Waals surface area contributed by atoms with Gasteiger partial charge in [-0.3, -0.25) is 4.90 Å². The Kier molecular flexibility index (Phi) is 5.93. The number of hydrogen-bond donors (Lipinski definition) is 1. The van der Waals surface area contributed by atoms with E-state index in [0.717, 1.165) is 32.7 Å². The lowest BCUT2D eigenvalue weighted by Crippen LogP contribution is -2.43. The van der Waals surface area contributed by atoms with Crippen molar-refractivity contribution in [1.29, 1.82) is 0 Å². The quantitative estimate of drug-likeness (QED) is 0.688. The number of ether oxygens (including phenoxy) is 2. The molecule has 98 valence electrons. The Bertz CT molecular complexity index is 258. The van der Waals surface area contributed by atoms with Gasteiger partial charge in [-0.25, -0.2) is 0 Å². The summed E-state index contributed by atoms with van der Waals surface area (Å²) in [6.45, 7) is 7.98. The standard InChI is InChI=1S/C13H23NO3/c1-4-13(3,5-2)17-11-12(15)10-14-6-8-16-9-7-14/h1,12,15H,5-11H2,2-3H3/t12-,13-/m1/s1. The van der Waals surface area contributed by atoms with E-state index < -0.39 is 11.7 Å². The zero-order valence-electron chi connectivity index (χ0n) is 10.8. The minimum absolute atomic E-state index is 0.284. The lowest BCUT2D eigenvalue weighted by Gasteiger charge is -2.30. The fourth-order valence-electron chi connectivity index (χ4n) is 1.66. The highest BCUT2D eigenvalue weighted by molar-refractivity contribution is 5.05. The molecule has 0 unspecified atom stereocenters. The Morgan fingerprint density at radius 2 is 2.18 bits per heavy atom. The molecule has 0 aromatic carbocycles. The van der Waals surface area contributed by atoms with Crippen molar-refractivity contribution < 1.29 is 14.6 Å². The molecule has 1 fully saturated rings. The lowest BCUT2D eigenvalue weighted by molar-refractivity contribution is -0.0558. The molecule has 0 saturated carbocycles. The van der Waals surface area contributed by atoms with Crippen LogP contribution in [-0.2, 0) is 9.47 Å². The summed E-state index contributed by atoms with van der Waals surface area (Å²) in [5, 5.41) is 9.88. The lowest BCUT2D eigenvalue weighted by atomic mass is 10.1. The molecule has 1 heterocycles. The second-order valence-electron chi connectivity index (χ2n) is 4.61. The summed E-state index contributed by atoms with van der Waals surface area (Å²) >= 11 is 0. The monoisotopic (exact) mass is 241 g/mol. The van der Waals surface area contributed by atoms with Crippen LogP contribution in [0, 0.1) is 12.3 Å². The van der Waals surface area contributed by atoms with Crippen molar-refractivity contribution in [1.82, 2.24) is 4.90 Å². The summed E-state index contributed by atoms with van der Waals surface area (Å²) in [4.78, 5) is 2.18. The Morgan fingerprint density at radius 1 is 1.53 bits per heavy atom. The highest BCUT2D eigenvalue weighted by Crippen LogP contribution is 2.14. The van der Waals surface area contributed by atoms with Crippen LogP contribution < -0.4 is 0 Å². The van der Waals surface area contributed by atoms with Crippen molar-refractivity contribution in [2.24, 2.45) is 0 Å². The predicted molar refractivity (Wildman–Crippen MR) is 66.7 cm³/mol. The Balaban J connectivity index is 2.24. The summed E-state index contributed by atoms with van der Waals surface area (Å²) in [7, 11) is 0. The van der Waals surface area contributed by atoms with Crippen LogP contribution in [0.5, 0.6) is 0 Å². The molecule has 4 heteroatoms. The maximum atomic E-state index is 9.88. The van der Waals surface area contributed by atoms with Crippen LogP contribution in [0.4, 0.5) is 0 Å².